The van der Waals surface area contributed by atoms with Crippen LogP contribution in [-0.2, 0) is 9.53 Å². The zero-order valence-electron chi connectivity index (χ0n) is 22.6. The van der Waals surface area contributed by atoms with Crippen LogP contribution in [0, 0.1) is 11.3 Å². The first kappa shape index (κ1) is 28.0. The molecule has 0 aromatic heterocycles. The Morgan fingerprint density at radius 2 is 1.57 bits per heavy atom. The van der Waals surface area contributed by atoms with Crippen LogP contribution in [0.1, 0.15) is 39.7 Å². The monoisotopic (exact) mass is 506 g/mol. The molecule has 2 amide bonds. The maximum absolute atomic E-state index is 12.9. The summed E-state index contributed by atoms with van der Waals surface area (Å²) < 4.78 is 11.3. The maximum Gasteiger partial charge on any atom is 0.410 e. The number of benzene rings is 2. The van der Waals surface area contributed by atoms with Crippen LogP contribution in [-0.4, -0.2) is 84.7 Å². The number of rotatable bonds is 8. The minimum atomic E-state index is -0.598. The minimum Gasteiger partial charge on any atom is -0.494 e. The van der Waals surface area contributed by atoms with Crippen LogP contribution in [0.4, 0.5) is 4.79 Å². The number of likely N-dealkylation sites (N-methyl/N-ethyl adjacent to an activating group) is 1. The Morgan fingerprint density at radius 3 is 2.11 bits per heavy atom. The Hall–Kier alpha value is -3.57. The van der Waals surface area contributed by atoms with Gasteiger partial charge in [0.05, 0.1) is 18.2 Å². The third-order valence-electron chi connectivity index (χ3n) is 6.39. The number of ether oxygens (including phenoxy) is 2. The van der Waals surface area contributed by atoms with Crippen LogP contribution in [0.15, 0.2) is 48.5 Å². The van der Waals surface area contributed by atoms with E-state index in [4.69, 9.17) is 14.7 Å². The molecule has 0 radical (unpaired) electrons. The van der Waals surface area contributed by atoms with E-state index in [0.29, 0.717) is 25.3 Å². The van der Waals surface area contributed by atoms with E-state index in [9.17, 15) is 9.59 Å². The minimum absolute atomic E-state index is 0.0548. The first-order chi connectivity index (χ1) is 17.6. The lowest BCUT2D eigenvalue weighted by atomic mass is 10.0. The van der Waals surface area contributed by atoms with Crippen molar-refractivity contribution in [3.8, 4) is 22.9 Å². The summed E-state index contributed by atoms with van der Waals surface area (Å²) in [5.74, 6) is 0.775. The standard InChI is InChI=1S/C29H38N4O4/c1-22(31(5)28(35)37-29(2,3)4)27(34)33-18-16-32(17-19-33)15-6-20-36-26-13-11-25(12-14-26)24-9-7-23(21-30)8-10-24/h7-14,22H,6,15-20H2,1-5H3/t22-/m1/s1. The molecule has 0 bridgehead atoms. The number of nitriles is 1. The largest absolute Gasteiger partial charge is 0.494 e. The van der Waals surface area contributed by atoms with Gasteiger partial charge in [0, 0.05) is 39.8 Å². The highest BCUT2D eigenvalue weighted by Gasteiger charge is 2.31. The third kappa shape index (κ3) is 8.22. The summed E-state index contributed by atoms with van der Waals surface area (Å²) in [6.07, 6.45) is 0.402. The highest BCUT2D eigenvalue weighted by Crippen LogP contribution is 2.23. The summed E-state index contributed by atoms with van der Waals surface area (Å²) in [6, 6.07) is 17.1. The number of hydrogen-bond acceptors (Lipinski definition) is 6. The van der Waals surface area contributed by atoms with Gasteiger partial charge in [0.1, 0.15) is 17.4 Å². The second kappa shape index (κ2) is 12.6. The van der Waals surface area contributed by atoms with Gasteiger partial charge in [-0.15, -0.1) is 0 Å². The topological polar surface area (TPSA) is 86.1 Å². The molecule has 0 N–H and O–H groups in total. The van der Waals surface area contributed by atoms with Gasteiger partial charge >= 0.3 is 6.09 Å². The highest BCUT2D eigenvalue weighted by molar-refractivity contribution is 5.85. The van der Waals surface area contributed by atoms with Crippen molar-refractivity contribution in [1.82, 2.24) is 14.7 Å². The van der Waals surface area contributed by atoms with Gasteiger partial charge in [-0.05, 0) is 69.5 Å². The Morgan fingerprint density at radius 1 is 1.00 bits per heavy atom. The van der Waals surface area contributed by atoms with E-state index < -0.39 is 17.7 Å². The van der Waals surface area contributed by atoms with Crippen LogP contribution in [0.25, 0.3) is 11.1 Å². The van der Waals surface area contributed by atoms with Crippen LogP contribution in [0.3, 0.4) is 0 Å². The molecule has 1 heterocycles. The predicted octanol–water partition coefficient (Wildman–Crippen LogP) is 4.39. The molecule has 1 saturated heterocycles. The normalized spacial score (nSPS) is 15.0. The number of carbonyl (C=O) groups excluding carboxylic acids is 2. The fraction of sp³-hybridized carbons (Fsp3) is 0.483. The summed E-state index contributed by atoms with van der Waals surface area (Å²) in [6.45, 7) is 11.6. The molecule has 8 nitrogen and oxygen atoms in total. The van der Waals surface area contributed by atoms with E-state index >= 15 is 0 Å². The molecular weight excluding hydrogens is 468 g/mol. The molecule has 1 atom stereocenters. The van der Waals surface area contributed by atoms with Gasteiger partial charge in [-0.1, -0.05) is 24.3 Å². The van der Waals surface area contributed by atoms with Crippen molar-refractivity contribution < 1.29 is 19.1 Å². The summed E-state index contributed by atoms with van der Waals surface area (Å²) in [4.78, 5) is 30.7. The molecule has 1 aliphatic rings. The van der Waals surface area contributed by atoms with Crippen molar-refractivity contribution in [2.75, 3.05) is 46.4 Å². The first-order valence-electron chi connectivity index (χ1n) is 12.8. The van der Waals surface area contributed by atoms with E-state index in [1.807, 2.05) is 74.2 Å². The second-order valence-electron chi connectivity index (χ2n) is 10.3. The van der Waals surface area contributed by atoms with Gasteiger partial charge < -0.3 is 14.4 Å². The van der Waals surface area contributed by atoms with Gasteiger partial charge in [-0.2, -0.15) is 5.26 Å². The summed E-state index contributed by atoms with van der Waals surface area (Å²) in [7, 11) is 1.60. The number of piperazine rings is 1. The predicted molar refractivity (Wildman–Crippen MR) is 143 cm³/mol. The Kier molecular flexibility index (Phi) is 9.54. The lowest BCUT2D eigenvalue weighted by Gasteiger charge is -2.37. The summed E-state index contributed by atoms with van der Waals surface area (Å²) in [5.41, 5.74) is 2.20. The van der Waals surface area contributed by atoms with Crippen molar-refractivity contribution in [2.24, 2.45) is 0 Å². The van der Waals surface area contributed by atoms with E-state index in [2.05, 4.69) is 11.0 Å². The molecular formula is C29H38N4O4. The van der Waals surface area contributed by atoms with Crippen molar-refractivity contribution in [1.29, 1.82) is 5.26 Å². The summed E-state index contributed by atoms with van der Waals surface area (Å²) >= 11 is 0. The van der Waals surface area contributed by atoms with Crippen LogP contribution >= 0.6 is 0 Å². The van der Waals surface area contributed by atoms with Crippen molar-refractivity contribution in [3.05, 3.63) is 54.1 Å². The van der Waals surface area contributed by atoms with Crippen LogP contribution < -0.4 is 4.74 Å². The Labute approximate surface area is 220 Å². The van der Waals surface area contributed by atoms with Gasteiger partial charge in [-0.25, -0.2) is 4.79 Å². The number of hydrogen-bond donors (Lipinski definition) is 0. The average molecular weight is 507 g/mol. The molecule has 198 valence electrons. The number of amides is 2. The molecule has 37 heavy (non-hydrogen) atoms. The molecule has 0 spiro atoms. The molecule has 0 unspecified atom stereocenters. The fourth-order valence-corrected chi connectivity index (χ4v) is 4.07. The van der Waals surface area contributed by atoms with Crippen molar-refractivity contribution >= 4 is 12.0 Å². The van der Waals surface area contributed by atoms with E-state index in [1.54, 1.807) is 14.0 Å². The number of nitrogens with zero attached hydrogens (tertiary/aromatic N) is 4. The van der Waals surface area contributed by atoms with Crippen molar-refractivity contribution in [3.63, 3.8) is 0 Å². The van der Waals surface area contributed by atoms with Gasteiger partial charge in [0.15, 0.2) is 0 Å². The Balaban J connectivity index is 1.36. The summed E-state index contributed by atoms with van der Waals surface area (Å²) in [5, 5.41) is 8.94. The molecule has 2 aromatic rings. The molecule has 3 rings (SSSR count). The third-order valence-corrected chi connectivity index (χ3v) is 6.39. The quantitative estimate of drug-likeness (QED) is 0.494. The smallest absolute Gasteiger partial charge is 0.410 e. The van der Waals surface area contributed by atoms with Gasteiger partial charge in [-0.3, -0.25) is 14.6 Å². The molecule has 2 aromatic carbocycles. The maximum atomic E-state index is 12.9. The molecule has 1 aliphatic heterocycles. The number of carbonyl (C=O) groups is 2. The molecule has 0 saturated carbocycles. The molecule has 8 heteroatoms. The zero-order valence-corrected chi connectivity index (χ0v) is 22.6. The Bertz CT molecular complexity index is 1080. The van der Waals surface area contributed by atoms with Crippen LogP contribution in [0.2, 0.25) is 0 Å². The second-order valence-corrected chi connectivity index (χ2v) is 10.3. The average Bonchev–Trinajstić information content (AvgIpc) is 2.89. The SMILES string of the molecule is C[C@H](C(=O)N1CCN(CCCOc2ccc(-c3ccc(C#N)cc3)cc2)CC1)N(C)C(=O)OC(C)(C)C. The lowest BCUT2D eigenvalue weighted by Crippen LogP contribution is -2.54. The van der Waals surface area contributed by atoms with E-state index in [-0.39, 0.29) is 5.91 Å². The van der Waals surface area contributed by atoms with Gasteiger partial charge in [0.25, 0.3) is 0 Å². The van der Waals surface area contributed by atoms with Gasteiger partial charge in [0.2, 0.25) is 5.91 Å². The first-order valence-corrected chi connectivity index (χ1v) is 12.8. The van der Waals surface area contributed by atoms with E-state index in [1.165, 1.54) is 4.90 Å². The molecule has 1 fully saturated rings. The van der Waals surface area contributed by atoms with Crippen LogP contribution in [0.5, 0.6) is 5.75 Å². The fourth-order valence-electron chi connectivity index (χ4n) is 4.07. The van der Waals surface area contributed by atoms with E-state index in [0.717, 1.165) is 42.9 Å². The molecule has 0 aliphatic carbocycles. The lowest BCUT2D eigenvalue weighted by molar-refractivity contribution is -0.137. The van der Waals surface area contributed by atoms with Crippen molar-refractivity contribution in [2.45, 2.75) is 45.8 Å². The zero-order chi connectivity index (χ0) is 27.0. The highest BCUT2D eigenvalue weighted by atomic mass is 16.6.